The Kier molecular flexibility index (Phi) is 6.10. The largest absolute Gasteiger partial charge is 0.377 e. The van der Waals surface area contributed by atoms with Crippen LogP contribution in [-0.4, -0.2) is 49.3 Å². The van der Waals surface area contributed by atoms with Crippen LogP contribution in [0.4, 0.5) is 0 Å². The molecule has 2 rings (SSSR count). The standard InChI is InChI=1S/C18H36N2O/c1-16-13-20(11-8-12-21-16)15-18(9-6-5-7-10-18)14-19-17(2,3)4/h16,19H,5-15H2,1-4H3. The minimum atomic E-state index is 0.222. The van der Waals surface area contributed by atoms with Crippen molar-refractivity contribution in [3.05, 3.63) is 0 Å². The van der Waals surface area contributed by atoms with Crippen molar-refractivity contribution in [3.63, 3.8) is 0 Å². The van der Waals surface area contributed by atoms with Crippen molar-refractivity contribution in [1.82, 2.24) is 10.2 Å². The van der Waals surface area contributed by atoms with Gasteiger partial charge in [0.25, 0.3) is 0 Å². The van der Waals surface area contributed by atoms with Gasteiger partial charge in [-0.15, -0.1) is 0 Å². The zero-order valence-electron chi connectivity index (χ0n) is 14.7. The normalized spacial score (nSPS) is 28.3. The molecule has 1 unspecified atom stereocenters. The van der Waals surface area contributed by atoms with Gasteiger partial charge in [-0.3, -0.25) is 0 Å². The van der Waals surface area contributed by atoms with E-state index in [0.29, 0.717) is 11.5 Å². The summed E-state index contributed by atoms with van der Waals surface area (Å²) in [6, 6.07) is 0. The van der Waals surface area contributed by atoms with Crippen LogP contribution in [0.1, 0.15) is 66.2 Å². The van der Waals surface area contributed by atoms with Crippen molar-refractivity contribution in [2.24, 2.45) is 5.41 Å². The Hall–Kier alpha value is -0.120. The number of hydrogen-bond donors (Lipinski definition) is 1. The third kappa shape index (κ3) is 5.88. The third-order valence-electron chi connectivity index (χ3n) is 5.00. The molecule has 1 atom stereocenters. The quantitative estimate of drug-likeness (QED) is 0.860. The Morgan fingerprint density at radius 3 is 2.52 bits per heavy atom. The van der Waals surface area contributed by atoms with E-state index in [1.54, 1.807) is 0 Å². The molecule has 0 radical (unpaired) electrons. The van der Waals surface area contributed by atoms with Gasteiger partial charge in [-0.25, -0.2) is 0 Å². The lowest BCUT2D eigenvalue weighted by Gasteiger charge is -2.43. The van der Waals surface area contributed by atoms with Crippen molar-refractivity contribution in [1.29, 1.82) is 0 Å². The minimum Gasteiger partial charge on any atom is -0.377 e. The van der Waals surface area contributed by atoms with Gasteiger partial charge in [0.05, 0.1) is 6.10 Å². The predicted molar refractivity (Wildman–Crippen MR) is 89.7 cm³/mol. The molecule has 0 aromatic heterocycles. The first-order valence-corrected chi connectivity index (χ1v) is 8.98. The molecule has 1 aliphatic carbocycles. The first kappa shape index (κ1) is 17.2. The monoisotopic (exact) mass is 296 g/mol. The van der Waals surface area contributed by atoms with Crippen LogP contribution in [0.3, 0.4) is 0 Å². The maximum Gasteiger partial charge on any atom is 0.0673 e. The van der Waals surface area contributed by atoms with Crippen LogP contribution in [0.5, 0.6) is 0 Å². The summed E-state index contributed by atoms with van der Waals surface area (Å²) in [7, 11) is 0. The second kappa shape index (κ2) is 7.43. The molecule has 0 amide bonds. The van der Waals surface area contributed by atoms with Gasteiger partial charge in [-0.1, -0.05) is 19.3 Å². The predicted octanol–water partition coefficient (Wildman–Crippen LogP) is 3.44. The molecule has 1 heterocycles. The number of nitrogens with zero attached hydrogens (tertiary/aromatic N) is 1. The van der Waals surface area contributed by atoms with E-state index in [0.717, 1.165) is 13.2 Å². The van der Waals surface area contributed by atoms with E-state index >= 15 is 0 Å². The second-order valence-electron chi connectivity index (χ2n) is 8.43. The number of rotatable bonds is 4. The molecule has 2 aliphatic rings. The Labute approximate surface area is 131 Å². The molecular weight excluding hydrogens is 260 g/mol. The fourth-order valence-corrected chi connectivity index (χ4v) is 3.84. The van der Waals surface area contributed by atoms with Crippen molar-refractivity contribution in [2.45, 2.75) is 77.9 Å². The molecule has 1 saturated carbocycles. The van der Waals surface area contributed by atoms with Gasteiger partial charge >= 0.3 is 0 Å². The highest BCUT2D eigenvalue weighted by molar-refractivity contribution is 4.90. The molecule has 1 aliphatic heterocycles. The third-order valence-corrected chi connectivity index (χ3v) is 5.00. The summed E-state index contributed by atoms with van der Waals surface area (Å²) in [5.74, 6) is 0. The molecule has 0 aromatic carbocycles. The summed E-state index contributed by atoms with van der Waals surface area (Å²) in [4.78, 5) is 2.67. The van der Waals surface area contributed by atoms with Gasteiger partial charge in [0.1, 0.15) is 0 Å². The lowest BCUT2D eigenvalue weighted by molar-refractivity contribution is 0.0500. The average Bonchev–Trinajstić information content (AvgIpc) is 2.61. The summed E-state index contributed by atoms with van der Waals surface area (Å²) in [6.07, 6.45) is 8.61. The van der Waals surface area contributed by atoms with Gasteiger partial charge in [-0.2, -0.15) is 0 Å². The molecule has 124 valence electrons. The smallest absolute Gasteiger partial charge is 0.0673 e. The van der Waals surface area contributed by atoms with Gasteiger partial charge < -0.3 is 15.0 Å². The molecule has 0 aromatic rings. The van der Waals surface area contributed by atoms with Gasteiger partial charge in [-0.05, 0) is 52.4 Å². The summed E-state index contributed by atoms with van der Waals surface area (Å²) in [5, 5.41) is 3.79. The zero-order chi connectivity index (χ0) is 15.3. The van der Waals surface area contributed by atoms with E-state index in [2.05, 4.69) is 37.9 Å². The van der Waals surface area contributed by atoms with Crippen LogP contribution < -0.4 is 5.32 Å². The van der Waals surface area contributed by atoms with E-state index in [1.165, 1.54) is 58.2 Å². The lowest BCUT2D eigenvalue weighted by atomic mass is 9.73. The molecule has 2 fully saturated rings. The highest BCUT2D eigenvalue weighted by atomic mass is 16.5. The minimum absolute atomic E-state index is 0.222. The topological polar surface area (TPSA) is 24.5 Å². The lowest BCUT2D eigenvalue weighted by Crippen LogP contribution is -2.50. The first-order chi connectivity index (χ1) is 9.89. The summed E-state index contributed by atoms with van der Waals surface area (Å²) >= 11 is 0. The van der Waals surface area contributed by atoms with E-state index in [-0.39, 0.29) is 5.54 Å². The highest BCUT2D eigenvalue weighted by Gasteiger charge is 2.35. The number of hydrogen-bond acceptors (Lipinski definition) is 3. The summed E-state index contributed by atoms with van der Waals surface area (Å²) in [5.41, 5.74) is 0.704. The molecule has 3 heteroatoms. The van der Waals surface area contributed by atoms with Crippen LogP contribution in [0.15, 0.2) is 0 Å². The average molecular weight is 296 g/mol. The summed E-state index contributed by atoms with van der Waals surface area (Å²) in [6.45, 7) is 14.7. The summed E-state index contributed by atoms with van der Waals surface area (Å²) < 4.78 is 5.81. The highest BCUT2D eigenvalue weighted by Crippen LogP contribution is 2.37. The van der Waals surface area contributed by atoms with E-state index < -0.39 is 0 Å². The SMILES string of the molecule is CC1CN(CC2(CNC(C)(C)C)CCCCC2)CCCO1. The van der Waals surface area contributed by atoms with Crippen LogP contribution in [0.25, 0.3) is 0 Å². The first-order valence-electron chi connectivity index (χ1n) is 8.98. The van der Waals surface area contributed by atoms with Crippen molar-refractivity contribution < 1.29 is 4.74 Å². The molecule has 1 N–H and O–H groups in total. The molecule has 0 bridgehead atoms. The number of nitrogens with one attached hydrogen (secondary N) is 1. The fourth-order valence-electron chi connectivity index (χ4n) is 3.84. The molecule has 3 nitrogen and oxygen atoms in total. The van der Waals surface area contributed by atoms with Crippen LogP contribution in [0, 0.1) is 5.41 Å². The van der Waals surface area contributed by atoms with E-state index in [1.807, 2.05) is 0 Å². The van der Waals surface area contributed by atoms with Gasteiger partial charge in [0.15, 0.2) is 0 Å². The molecule has 1 saturated heterocycles. The van der Waals surface area contributed by atoms with E-state index in [4.69, 9.17) is 4.74 Å². The van der Waals surface area contributed by atoms with Crippen LogP contribution in [-0.2, 0) is 4.74 Å². The molecular formula is C18H36N2O. The Morgan fingerprint density at radius 1 is 1.14 bits per heavy atom. The van der Waals surface area contributed by atoms with E-state index in [9.17, 15) is 0 Å². The van der Waals surface area contributed by atoms with Crippen molar-refractivity contribution in [2.75, 3.05) is 32.8 Å². The van der Waals surface area contributed by atoms with Crippen molar-refractivity contribution in [3.8, 4) is 0 Å². The molecule has 21 heavy (non-hydrogen) atoms. The molecule has 0 spiro atoms. The van der Waals surface area contributed by atoms with Crippen molar-refractivity contribution >= 4 is 0 Å². The van der Waals surface area contributed by atoms with Gasteiger partial charge in [0.2, 0.25) is 0 Å². The second-order valence-corrected chi connectivity index (χ2v) is 8.43. The zero-order valence-corrected chi connectivity index (χ0v) is 14.7. The Morgan fingerprint density at radius 2 is 1.86 bits per heavy atom. The maximum absolute atomic E-state index is 5.81. The maximum atomic E-state index is 5.81. The Balaban J connectivity index is 1.97. The Bertz CT molecular complexity index is 305. The fraction of sp³-hybridized carbons (Fsp3) is 1.00. The van der Waals surface area contributed by atoms with Gasteiger partial charge in [0, 0.05) is 38.3 Å². The van der Waals surface area contributed by atoms with Crippen LogP contribution >= 0.6 is 0 Å². The van der Waals surface area contributed by atoms with Crippen LogP contribution in [0.2, 0.25) is 0 Å². The number of ether oxygens (including phenoxy) is 1.